The maximum absolute atomic E-state index is 12.1. The Balaban J connectivity index is 1.63. The first-order valence-electron chi connectivity index (χ1n) is 7.82. The average molecular weight is 349 g/mol. The third-order valence-corrected chi connectivity index (χ3v) is 3.62. The van der Waals surface area contributed by atoms with Gasteiger partial charge >= 0.3 is 5.97 Å². The molecule has 0 atom stereocenters. The fourth-order valence-electron chi connectivity index (χ4n) is 2.39. The number of ketones is 1. The van der Waals surface area contributed by atoms with Crippen LogP contribution in [-0.4, -0.2) is 34.2 Å². The van der Waals surface area contributed by atoms with E-state index in [-0.39, 0.29) is 11.3 Å². The Morgan fingerprint density at radius 1 is 1.00 bits per heavy atom. The van der Waals surface area contributed by atoms with Crippen LogP contribution in [0.4, 0.5) is 5.69 Å². The Morgan fingerprint density at radius 3 is 2.50 bits per heavy atom. The number of ether oxygens (including phenoxy) is 1. The summed E-state index contributed by atoms with van der Waals surface area (Å²) in [6, 6.07) is 11.4. The van der Waals surface area contributed by atoms with E-state index in [4.69, 9.17) is 4.74 Å². The van der Waals surface area contributed by atoms with E-state index in [1.165, 1.54) is 13.1 Å². The standard InChI is InChI=1S/C19H15N3O4/c1-12(23)14-4-2-3-5-15(14)22-18(24)11-26-19(25)13-6-7-16-17(10-13)21-9-8-20-16/h2-10H,11H2,1H3,(H,22,24). The van der Waals surface area contributed by atoms with Crippen molar-refractivity contribution in [1.29, 1.82) is 0 Å². The molecule has 7 nitrogen and oxygen atoms in total. The number of hydrogen-bond donors (Lipinski definition) is 1. The molecule has 0 aliphatic carbocycles. The molecule has 1 amide bonds. The third-order valence-electron chi connectivity index (χ3n) is 3.62. The van der Waals surface area contributed by atoms with E-state index in [1.807, 2.05) is 0 Å². The fraction of sp³-hybridized carbons (Fsp3) is 0.105. The van der Waals surface area contributed by atoms with Gasteiger partial charge in [-0.15, -0.1) is 0 Å². The summed E-state index contributed by atoms with van der Waals surface area (Å²) >= 11 is 0. The SMILES string of the molecule is CC(=O)c1ccccc1NC(=O)COC(=O)c1ccc2nccnc2c1. The van der Waals surface area contributed by atoms with Crippen LogP contribution in [-0.2, 0) is 9.53 Å². The lowest BCUT2D eigenvalue weighted by Gasteiger charge is -2.09. The van der Waals surface area contributed by atoms with E-state index in [0.29, 0.717) is 22.3 Å². The highest BCUT2D eigenvalue weighted by atomic mass is 16.5. The van der Waals surface area contributed by atoms with Gasteiger partial charge in [0.1, 0.15) is 0 Å². The van der Waals surface area contributed by atoms with Gasteiger partial charge in [-0.25, -0.2) is 4.79 Å². The number of carbonyl (C=O) groups is 3. The summed E-state index contributed by atoms with van der Waals surface area (Å²) in [4.78, 5) is 43.9. The summed E-state index contributed by atoms with van der Waals surface area (Å²) in [5.74, 6) is -1.35. The second kappa shape index (κ2) is 7.52. The monoisotopic (exact) mass is 349 g/mol. The number of amides is 1. The Bertz CT molecular complexity index is 1000. The first kappa shape index (κ1) is 17.2. The van der Waals surface area contributed by atoms with Crippen molar-refractivity contribution in [3.8, 4) is 0 Å². The number of hydrogen-bond acceptors (Lipinski definition) is 6. The van der Waals surface area contributed by atoms with E-state index in [2.05, 4.69) is 15.3 Å². The Kier molecular flexibility index (Phi) is 4.98. The van der Waals surface area contributed by atoms with Crippen molar-refractivity contribution >= 4 is 34.4 Å². The van der Waals surface area contributed by atoms with Crippen molar-refractivity contribution in [3.63, 3.8) is 0 Å². The molecule has 0 unspecified atom stereocenters. The molecule has 2 aromatic carbocycles. The van der Waals surface area contributed by atoms with Crippen molar-refractivity contribution in [2.45, 2.75) is 6.92 Å². The van der Waals surface area contributed by atoms with E-state index >= 15 is 0 Å². The van der Waals surface area contributed by atoms with Crippen molar-refractivity contribution < 1.29 is 19.1 Å². The van der Waals surface area contributed by atoms with Crippen LogP contribution >= 0.6 is 0 Å². The number of anilines is 1. The molecule has 1 N–H and O–H groups in total. The van der Waals surface area contributed by atoms with Crippen LogP contribution in [0.1, 0.15) is 27.6 Å². The van der Waals surface area contributed by atoms with Crippen LogP contribution in [0.2, 0.25) is 0 Å². The second-order valence-electron chi connectivity index (χ2n) is 5.49. The summed E-state index contributed by atoms with van der Waals surface area (Å²) in [5, 5.41) is 2.57. The zero-order valence-corrected chi connectivity index (χ0v) is 13.9. The highest BCUT2D eigenvalue weighted by Crippen LogP contribution is 2.16. The van der Waals surface area contributed by atoms with Crippen molar-refractivity contribution in [3.05, 3.63) is 66.0 Å². The van der Waals surface area contributed by atoms with Crippen molar-refractivity contribution in [2.24, 2.45) is 0 Å². The molecule has 0 aliphatic rings. The maximum Gasteiger partial charge on any atom is 0.338 e. The molecule has 1 heterocycles. The van der Waals surface area contributed by atoms with Crippen molar-refractivity contribution in [1.82, 2.24) is 9.97 Å². The Morgan fingerprint density at radius 2 is 1.73 bits per heavy atom. The zero-order valence-electron chi connectivity index (χ0n) is 13.9. The van der Waals surface area contributed by atoms with E-state index in [9.17, 15) is 14.4 Å². The van der Waals surface area contributed by atoms with Gasteiger partial charge in [0.2, 0.25) is 0 Å². The molecule has 0 spiro atoms. The highest BCUT2D eigenvalue weighted by molar-refractivity contribution is 6.04. The van der Waals surface area contributed by atoms with Crippen LogP contribution in [0.25, 0.3) is 11.0 Å². The number of carbonyl (C=O) groups excluding carboxylic acids is 3. The van der Waals surface area contributed by atoms with E-state index in [0.717, 1.165) is 0 Å². The summed E-state index contributed by atoms with van der Waals surface area (Å²) in [7, 11) is 0. The molecule has 0 aliphatic heterocycles. The molecule has 0 fully saturated rings. The van der Waals surface area contributed by atoms with Crippen LogP contribution in [0.15, 0.2) is 54.9 Å². The number of aromatic nitrogens is 2. The summed E-state index contributed by atoms with van der Waals surface area (Å²) in [5.41, 5.74) is 2.25. The minimum absolute atomic E-state index is 0.171. The second-order valence-corrected chi connectivity index (χ2v) is 5.49. The number of esters is 1. The molecule has 0 bridgehead atoms. The molecule has 26 heavy (non-hydrogen) atoms. The molecule has 130 valence electrons. The van der Waals surface area contributed by atoms with Crippen LogP contribution < -0.4 is 5.32 Å². The number of nitrogens with zero attached hydrogens (tertiary/aromatic N) is 2. The normalized spacial score (nSPS) is 10.3. The number of benzene rings is 2. The number of rotatable bonds is 5. The number of para-hydroxylation sites is 1. The molecule has 7 heteroatoms. The van der Waals surface area contributed by atoms with E-state index in [1.54, 1.807) is 48.7 Å². The lowest BCUT2D eigenvalue weighted by molar-refractivity contribution is -0.119. The summed E-state index contributed by atoms with van der Waals surface area (Å²) < 4.78 is 5.03. The Hall–Kier alpha value is -3.61. The van der Waals surface area contributed by atoms with Gasteiger partial charge in [0.05, 0.1) is 22.3 Å². The number of fused-ring (bicyclic) bond motifs is 1. The minimum Gasteiger partial charge on any atom is -0.452 e. The Labute approximate surface area is 149 Å². The molecule has 0 radical (unpaired) electrons. The molecule has 1 aromatic heterocycles. The molecule has 0 saturated carbocycles. The average Bonchev–Trinajstić information content (AvgIpc) is 2.66. The van der Waals surface area contributed by atoms with Gasteiger partial charge in [0, 0.05) is 18.0 Å². The van der Waals surface area contributed by atoms with Crippen LogP contribution in [0.5, 0.6) is 0 Å². The summed E-state index contributed by atoms with van der Waals surface area (Å²) in [6.07, 6.45) is 3.08. The number of Topliss-reactive ketones (excluding diaryl/α,β-unsaturated/α-hetero) is 1. The first-order valence-corrected chi connectivity index (χ1v) is 7.82. The predicted octanol–water partition coefficient (Wildman–Crippen LogP) is 2.63. The maximum atomic E-state index is 12.1. The van der Waals surface area contributed by atoms with Gasteiger partial charge in [-0.05, 0) is 37.3 Å². The van der Waals surface area contributed by atoms with Gasteiger partial charge in [-0.3, -0.25) is 19.6 Å². The third kappa shape index (κ3) is 3.89. The van der Waals surface area contributed by atoms with Gasteiger partial charge in [0.25, 0.3) is 5.91 Å². The van der Waals surface area contributed by atoms with Gasteiger partial charge in [0.15, 0.2) is 12.4 Å². The highest BCUT2D eigenvalue weighted by Gasteiger charge is 2.13. The largest absolute Gasteiger partial charge is 0.452 e. The van der Waals surface area contributed by atoms with Crippen molar-refractivity contribution in [2.75, 3.05) is 11.9 Å². The predicted molar refractivity (Wildman–Crippen MR) is 94.9 cm³/mol. The lowest BCUT2D eigenvalue weighted by atomic mass is 10.1. The van der Waals surface area contributed by atoms with Gasteiger partial charge in [-0.2, -0.15) is 0 Å². The molecule has 0 saturated heterocycles. The minimum atomic E-state index is -0.646. The lowest BCUT2D eigenvalue weighted by Crippen LogP contribution is -2.22. The van der Waals surface area contributed by atoms with Gasteiger partial charge < -0.3 is 10.1 Å². The zero-order chi connectivity index (χ0) is 18.5. The quantitative estimate of drug-likeness (QED) is 0.562. The molecular weight excluding hydrogens is 334 g/mol. The smallest absolute Gasteiger partial charge is 0.338 e. The van der Waals surface area contributed by atoms with Crippen LogP contribution in [0, 0.1) is 0 Å². The fourth-order valence-corrected chi connectivity index (χ4v) is 2.39. The van der Waals surface area contributed by atoms with Crippen LogP contribution in [0.3, 0.4) is 0 Å². The van der Waals surface area contributed by atoms with Gasteiger partial charge in [-0.1, -0.05) is 12.1 Å². The first-order chi connectivity index (χ1) is 12.5. The number of nitrogens with one attached hydrogen (secondary N) is 1. The topological polar surface area (TPSA) is 98.2 Å². The summed E-state index contributed by atoms with van der Waals surface area (Å²) in [6.45, 7) is 0.942. The molecular formula is C19H15N3O4. The molecule has 3 aromatic rings. The van der Waals surface area contributed by atoms with E-state index < -0.39 is 18.5 Å². The molecule has 3 rings (SSSR count).